The van der Waals surface area contributed by atoms with E-state index in [2.05, 4.69) is 10.3 Å². The number of amides is 1. The minimum atomic E-state index is -0.0733. The molecular formula is C21H19N3O2S. The van der Waals surface area contributed by atoms with Gasteiger partial charge in [-0.25, -0.2) is 4.98 Å². The monoisotopic (exact) mass is 377 g/mol. The number of carbonyl (C=O) groups is 1. The van der Waals surface area contributed by atoms with Crippen LogP contribution in [0.25, 0.3) is 15.7 Å². The summed E-state index contributed by atoms with van der Waals surface area (Å²) in [5, 5.41) is 7.13. The van der Waals surface area contributed by atoms with Crippen LogP contribution >= 0.6 is 11.3 Å². The van der Waals surface area contributed by atoms with Gasteiger partial charge in [-0.3, -0.25) is 14.0 Å². The quantitative estimate of drug-likeness (QED) is 0.581. The summed E-state index contributed by atoms with van der Waals surface area (Å²) >= 11 is 1.44. The molecule has 0 unspecified atom stereocenters. The van der Waals surface area contributed by atoms with Crippen molar-refractivity contribution in [2.24, 2.45) is 0 Å². The fourth-order valence-electron chi connectivity index (χ4n) is 3.27. The molecule has 0 aliphatic rings. The summed E-state index contributed by atoms with van der Waals surface area (Å²) in [5.74, 6) is -0.0211. The lowest BCUT2D eigenvalue weighted by atomic mass is 10.0. The molecule has 1 N–H and O–H groups in total. The van der Waals surface area contributed by atoms with E-state index >= 15 is 0 Å². The van der Waals surface area contributed by atoms with Crippen molar-refractivity contribution < 1.29 is 4.79 Å². The number of fused-ring (bicyclic) bond motifs is 2. The number of hydrogen-bond acceptors (Lipinski definition) is 4. The zero-order valence-corrected chi connectivity index (χ0v) is 15.8. The first kappa shape index (κ1) is 17.4. The molecule has 2 aromatic carbocycles. The van der Waals surface area contributed by atoms with E-state index in [4.69, 9.17) is 0 Å². The van der Waals surface area contributed by atoms with Crippen LogP contribution in [-0.2, 0) is 17.6 Å². The second kappa shape index (κ2) is 7.32. The lowest BCUT2D eigenvalue weighted by Crippen LogP contribution is -2.28. The average Bonchev–Trinajstić information content (AvgIpc) is 3.05. The number of rotatable bonds is 5. The number of nitrogens with one attached hydrogen (secondary N) is 1. The zero-order valence-electron chi connectivity index (χ0n) is 14.9. The van der Waals surface area contributed by atoms with Crippen molar-refractivity contribution >= 4 is 33.0 Å². The van der Waals surface area contributed by atoms with Gasteiger partial charge >= 0.3 is 0 Å². The van der Waals surface area contributed by atoms with Crippen LogP contribution in [0.3, 0.4) is 0 Å². The second-order valence-corrected chi connectivity index (χ2v) is 7.33. The maximum Gasteiger partial charge on any atom is 0.258 e. The molecule has 27 heavy (non-hydrogen) atoms. The standard InChI is InChI=1S/C21H19N3O2S/c1-14-11-20(26)24-17(13-27-21(24)23-14)9-10-22-19(25)12-16-7-4-6-15-5-2-3-8-18(15)16/h2-8,11,13H,9-10,12H2,1H3,(H,22,25). The third kappa shape index (κ3) is 3.61. The first-order valence-corrected chi connectivity index (χ1v) is 9.70. The van der Waals surface area contributed by atoms with Crippen molar-refractivity contribution in [1.29, 1.82) is 0 Å². The van der Waals surface area contributed by atoms with Gasteiger partial charge in [0.15, 0.2) is 4.96 Å². The topological polar surface area (TPSA) is 63.5 Å². The predicted molar refractivity (Wildman–Crippen MR) is 108 cm³/mol. The zero-order chi connectivity index (χ0) is 18.8. The number of aromatic nitrogens is 2. The maximum absolute atomic E-state index is 12.4. The maximum atomic E-state index is 12.4. The molecule has 0 fully saturated rings. The van der Waals surface area contributed by atoms with Crippen LogP contribution in [0.15, 0.2) is 58.7 Å². The highest BCUT2D eigenvalue weighted by Crippen LogP contribution is 2.19. The molecule has 0 atom stereocenters. The van der Waals surface area contributed by atoms with Gasteiger partial charge in [0.1, 0.15) is 0 Å². The summed E-state index contributed by atoms with van der Waals surface area (Å²) in [6, 6.07) is 15.6. The molecule has 1 amide bonds. The van der Waals surface area contributed by atoms with Gasteiger partial charge in [-0.1, -0.05) is 42.5 Å². The molecule has 0 saturated heterocycles. The summed E-state index contributed by atoms with van der Waals surface area (Å²) in [4.78, 5) is 29.6. The Morgan fingerprint density at radius 2 is 2.00 bits per heavy atom. The van der Waals surface area contributed by atoms with E-state index in [9.17, 15) is 9.59 Å². The molecule has 6 heteroatoms. The first-order chi connectivity index (χ1) is 13.1. The minimum absolute atomic E-state index is 0.0211. The predicted octanol–water partition coefficient (Wildman–Crippen LogP) is 3.12. The van der Waals surface area contributed by atoms with E-state index in [-0.39, 0.29) is 11.5 Å². The van der Waals surface area contributed by atoms with E-state index in [1.165, 1.54) is 17.4 Å². The molecule has 136 valence electrons. The Morgan fingerprint density at radius 1 is 1.19 bits per heavy atom. The Hall–Kier alpha value is -2.99. The van der Waals surface area contributed by atoms with E-state index in [1.807, 2.05) is 54.8 Å². The van der Waals surface area contributed by atoms with Crippen LogP contribution in [0.4, 0.5) is 0 Å². The van der Waals surface area contributed by atoms with E-state index in [1.54, 1.807) is 4.40 Å². The number of benzene rings is 2. The Balaban J connectivity index is 1.42. The summed E-state index contributed by atoms with van der Waals surface area (Å²) in [6.45, 7) is 2.30. The van der Waals surface area contributed by atoms with E-state index < -0.39 is 0 Å². The average molecular weight is 377 g/mol. The number of hydrogen-bond donors (Lipinski definition) is 1. The molecule has 0 saturated carbocycles. The third-order valence-corrected chi connectivity index (χ3v) is 5.41. The fourth-order valence-corrected chi connectivity index (χ4v) is 4.24. The highest BCUT2D eigenvalue weighted by molar-refractivity contribution is 7.15. The highest BCUT2D eigenvalue weighted by Gasteiger charge is 2.10. The molecule has 0 radical (unpaired) electrons. The fraction of sp³-hybridized carbons (Fsp3) is 0.190. The Bertz CT molecular complexity index is 1190. The van der Waals surface area contributed by atoms with Gasteiger partial charge in [-0.15, -0.1) is 11.3 Å². The molecule has 0 aliphatic heterocycles. The van der Waals surface area contributed by atoms with Crippen LogP contribution in [0.1, 0.15) is 17.0 Å². The van der Waals surface area contributed by atoms with Crippen molar-refractivity contribution in [3.8, 4) is 0 Å². The van der Waals surface area contributed by atoms with Crippen LogP contribution in [0.2, 0.25) is 0 Å². The summed E-state index contributed by atoms with van der Waals surface area (Å²) in [5.41, 5.74) is 2.54. The number of aryl methyl sites for hydroxylation is 1. The van der Waals surface area contributed by atoms with Gasteiger partial charge in [0.2, 0.25) is 5.91 Å². The van der Waals surface area contributed by atoms with Gasteiger partial charge < -0.3 is 5.32 Å². The van der Waals surface area contributed by atoms with Crippen molar-refractivity contribution in [2.45, 2.75) is 19.8 Å². The first-order valence-electron chi connectivity index (χ1n) is 8.82. The SMILES string of the molecule is Cc1cc(=O)n2c(CCNC(=O)Cc3cccc4ccccc34)csc2n1. The molecule has 0 bridgehead atoms. The van der Waals surface area contributed by atoms with E-state index in [0.717, 1.165) is 27.7 Å². The van der Waals surface area contributed by atoms with Crippen molar-refractivity contribution in [3.63, 3.8) is 0 Å². The number of nitrogens with zero attached hydrogens (tertiary/aromatic N) is 2. The lowest BCUT2D eigenvalue weighted by Gasteiger charge is -2.08. The molecule has 5 nitrogen and oxygen atoms in total. The van der Waals surface area contributed by atoms with E-state index in [0.29, 0.717) is 24.3 Å². The smallest absolute Gasteiger partial charge is 0.258 e. The Labute approximate surface area is 160 Å². The minimum Gasteiger partial charge on any atom is -0.355 e. The third-order valence-electron chi connectivity index (χ3n) is 4.54. The van der Waals surface area contributed by atoms with Gasteiger partial charge in [0.05, 0.1) is 6.42 Å². The van der Waals surface area contributed by atoms with Gasteiger partial charge in [0, 0.05) is 35.8 Å². The molecule has 0 spiro atoms. The van der Waals surface area contributed by atoms with Crippen LogP contribution in [0.5, 0.6) is 0 Å². The molecule has 4 aromatic rings. The molecule has 2 heterocycles. The second-order valence-electron chi connectivity index (χ2n) is 6.50. The normalized spacial score (nSPS) is 11.1. The molecule has 0 aliphatic carbocycles. The molecule has 2 aromatic heterocycles. The van der Waals surface area contributed by atoms with Crippen LogP contribution in [0, 0.1) is 6.92 Å². The largest absolute Gasteiger partial charge is 0.355 e. The summed E-state index contributed by atoms with van der Waals surface area (Å²) < 4.78 is 1.62. The number of thiazole rings is 1. The highest BCUT2D eigenvalue weighted by atomic mass is 32.1. The van der Waals surface area contributed by atoms with Crippen molar-refractivity contribution in [3.05, 3.63) is 81.2 Å². The lowest BCUT2D eigenvalue weighted by molar-refractivity contribution is -0.120. The summed E-state index contributed by atoms with van der Waals surface area (Å²) in [7, 11) is 0. The molecule has 4 rings (SSSR count). The van der Waals surface area contributed by atoms with Crippen LogP contribution < -0.4 is 10.9 Å². The van der Waals surface area contributed by atoms with Crippen LogP contribution in [-0.4, -0.2) is 21.8 Å². The van der Waals surface area contributed by atoms with Crippen molar-refractivity contribution in [2.75, 3.05) is 6.54 Å². The van der Waals surface area contributed by atoms with Gasteiger partial charge in [-0.2, -0.15) is 0 Å². The van der Waals surface area contributed by atoms with Gasteiger partial charge in [0.25, 0.3) is 5.56 Å². The Morgan fingerprint density at radius 3 is 2.89 bits per heavy atom. The Kier molecular flexibility index (Phi) is 4.73. The molecular weight excluding hydrogens is 358 g/mol. The van der Waals surface area contributed by atoms with Crippen molar-refractivity contribution in [1.82, 2.24) is 14.7 Å². The van der Waals surface area contributed by atoms with Gasteiger partial charge in [-0.05, 0) is 23.3 Å². The summed E-state index contributed by atoms with van der Waals surface area (Å²) in [6.07, 6.45) is 0.929. The number of carbonyl (C=O) groups excluding carboxylic acids is 1.